The normalized spacial score (nSPS) is 10.1. The molecule has 0 aliphatic carbocycles. The quantitative estimate of drug-likeness (QED) is 0.472. The van der Waals surface area contributed by atoms with Crippen molar-refractivity contribution in [1.29, 1.82) is 0 Å². The zero-order valence-electron chi connectivity index (χ0n) is 15.6. The van der Waals surface area contributed by atoms with Gasteiger partial charge in [0.25, 0.3) is 0 Å². The Bertz CT molecular complexity index is 455. The van der Waals surface area contributed by atoms with E-state index in [1.807, 2.05) is 0 Å². The highest BCUT2D eigenvalue weighted by Crippen LogP contribution is 2.11. The van der Waals surface area contributed by atoms with Crippen molar-refractivity contribution in [1.82, 2.24) is 0 Å². The van der Waals surface area contributed by atoms with Crippen LogP contribution in [0.5, 0.6) is 0 Å². The average molecular weight is 311 g/mol. The molecule has 0 saturated heterocycles. The van der Waals surface area contributed by atoms with Gasteiger partial charge in [0, 0.05) is 0 Å². The molecule has 2 aromatic carbocycles. The Morgan fingerprint density at radius 3 is 1.17 bits per heavy atom. The molecule has 2 aromatic rings. The van der Waals surface area contributed by atoms with Gasteiger partial charge < -0.3 is 0 Å². The molecule has 0 N–H and O–H groups in total. The number of rotatable bonds is 7. The Balaban J connectivity index is 0.000000284. The van der Waals surface area contributed by atoms with Gasteiger partial charge in [-0.3, -0.25) is 0 Å². The molecule has 126 valence electrons. The average Bonchev–Trinajstić information content (AvgIpc) is 2.57. The van der Waals surface area contributed by atoms with Gasteiger partial charge in [0.2, 0.25) is 0 Å². The molecule has 0 heterocycles. The first-order valence-corrected chi connectivity index (χ1v) is 9.26. The van der Waals surface area contributed by atoms with E-state index in [2.05, 4.69) is 76.2 Å². The summed E-state index contributed by atoms with van der Waals surface area (Å²) in [5, 5.41) is 0. The lowest BCUT2D eigenvalue weighted by atomic mass is 10.0. The van der Waals surface area contributed by atoms with E-state index in [4.69, 9.17) is 0 Å². The second kappa shape index (κ2) is 11.9. The number of hydrogen-bond acceptors (Lipinski definition) is 0. The van der Waals surface area contributed by atoms with E-state index in [1.54, 1.807) is 0 Å². The molecule has 0 spiro atoms. The third-order valence-electron chi connectivity index (χ3n) is 4.11. The highest BCUT2D eigenvalue weighted by molar-refractivity contribution is 5.29. The second-order valence-electron chi connectivity index (χ2n) is 6.56. The van der Waals surface area contributed by atoms with Crippen LogP contribution in [0.1, 0.15) is 74.6 Å². The van der Waals surface area contributed by atoms with Gasteiger partial charge in [0.1, 0.15) is 0 Å². The van der Waals surface area contributed by atoms with Crippen LogP contribution in [0, 0.1) is 13.8 Å². The maximum Gasteiger partial charge on any atom is -0.00258 e. The van der Waals surface area contributed by atoms with Crippen LogP contribution in [0.3, 0.4) is 0 Å². The SMILES string of the molecule is CCCCCCCC.Cc1ccc(Cc2ccc(C)cc2)cc1. The van der Waals surface area contributed by atoms with Crippen molar-refractivity contribution >= 4 is 0 Å². The Kier molecular flexibility index (Phi) is 10.1. The summed E-state index contributed by atoms with van der Waals surface area (Å²) in [6, 6.07) is 17.5. The van der Waals surface area contributed by atoms with Crippen LogP contribution in [-0.2, 0) is 6.42 Å². The van der Waals surface area contributed by atoms with Gasteiger partial charge in [-0.2, -0.15) is 0 Å². The first kappa shape index (κ1) is 19.5. The van der Waals surface area contributed by atoms with Crippen molar-refractivity contribution in [3.05, 3.63) is 70.8 Å². The lowest BCUT2D eigenvalue weighted by molar-refractivity contribution is 0.624. The maximum absolute atomic E-state index is 2.26. The lowest BCUT2D eigenvalue weighted by Gasteiger charge is -2.03. The number of aryl methyl sites for hydroxylation is 2. The van der Waals surface area contributed by atoms with Gasteiger partial charge in [-0.05, 0) is 31.4 Å². The first-order valence-electron chi connectivity index (χ1n) is 9.26. The molecular weight excluding hydrogens is 276 g/mol. The summed E-state index contributed by atoms with van der Waals surface area (Å²) in [5.74, 6) is 0. The molecule has 0 fully saturated rings. The Hall–Kier alpha value is -1.56. The van der Waals surface area contributed by atoms with Crippen molar-refractivity contribution in [2.24, 2.45) is 0 Å². The van der Waals surface area contributed by atoms with Gasteiger partial charge in [0.05, 0.1) is 0 Å². The largest absolute Gasteiger partial charge is 0.0654 e. The predicted molar refractivity (Wildman–Crippen MR) is 104 cm³/mol. The van der Waals surface area contributed by atoms with Crippen molar-refractivity contribution in [2.75, 3.05) is 0 Å². The molecule has 0 aliphatic heterocycles. The Morgan fingerprint density at radius 2 is 0.870 bits per heavy atom. The fourth-order valence-electron chi connectivity index (χ4n) is 2.50. The minimum Gasteiger partial charge on any atom is -0.0654 e. The summed E-state index contributed by atoms with van der Waals surface area (Å²) in [7, 11) is 0. The summed E-state index contributed by atoms with van der Waals surface area (Å²) in [5.41, 5.74) is 5.40. The zero-order valence-corrected chi connectivity index (χ0v) is 15.6. The molecule has 0 unspecified atom stereocenters. The van der Waals surface area contributed by atoms with Gasteiger partial charge in [-0.1, -0.05) is 112 Å². The molecule has 0 atom stereocenters. The lowest BCUT2D eigenvalue weighted by Crippen LogP contribution is -1.88. The van der Waals surface area contributed by atoms with E-state index >= 15 is 0 Å². The van der Waals surface area contributed by atoms with Crippen LogP contribution in [0.2, 0.25) is 0 Å². The molecule has 0 bridgehead atoms. The van der Waals surface area contributed by atoms with Crippen molar-refractivity contribution in [2.45, 2.75) is 72.6 Å². The molecular formula is C23H34. The van der Waals surface area contributed by atoms with Crippen LogP contribution >= 0.6 is 0 Å². The number of benzene rings is 2. The van der Waals surface area contributed by atoms with Crippen molar-refractivity contribution in [3.8, 4) is 0 Å². The highest BCUT2D eigenvalue weighted by atomic mass is 14.0. The topological polar surface area (TPSA) is 0 Å². The molecule has 0 amide bonds. The van der Waals surface area contributed by atoms with Gasteiger partial charge in [0.15, 0.2) is 0 Å². The monoisotopic (exact) mass is 310 g/mol. The molecule has 0 radical (unpaired) electrons. The summed E-state index contributed by atoms with van der Waals surface area (Å²) >= 11 is 0. The molecule has 0 nitrogen and oxygen atoms in total. The van der Waals surface area contributed by atoms with Crippen molar-refractivity contribution < 1.29 is 0 Å². The van der Waals surface area contributed by atoms with Crippen LogP contribution in [0.25, 0.3) is 0 Å². The van der Waals surface area contributed by atoms with E-state index in [0.29, 0.717) is 0 Å². The van der Waals surface area contributed by atoms with Gasteiger partial charge in [-0.25, -0.2) is 0 Å². The minimum absolute atomic E-state index is 1.03. The third-order valence-corrected chi connectivity index (χ3v) is 4.11. The predicted octanol–water partition coefficient (Wildman–Crippen LogP) is 7.26. The second-order valence-corrected chi connectivity index (χ2v) is 6.56. The van der Waals surface area contributed by atoms with Crippen molar-refractivity contribution in [3.63, 3.8) is 0 Å². The van der Waals surface area contributed by atoms with E-state index in [1.165, 1.54) is 60.8 Å². The summed E-state index contributed by atoms with van der Waals surface area (Å²) in [6.45, 7) is 8.75. The van der Waals surface area contributed by atoms with E-state index in [-0.39, 0.29) is 0 Å². The standard InChI is InChI=1S/C15H16.C8H18/c1-12-3-7-14(8-4-12)11-15-9-5-13(2)6-10-15;1-3-5-7-8-6-4-2/h3-10H,11H2,1-2H3;3-8H2,1-2H3. The zero-order chi connectivity index (χ0) is 16.9. The smallest absolute Gasteiger partial charge is 0.00258 e. The molecule has 23 heavy (non-hydrogen) atoms. The number of hydrogen-bond donors (Lipinski definition) is 0. The maximum atomic E-state index is 2.26. The third kappa shape index (κ3) is 9.23. The first-order chi connectivity index (χ1) is 11.2. The van der Waals surface area contributed by atoms with Crippen LogP contribution in [0.4, 0.5) is 0 Å². The summed E-state index contributed by atoms with van der Waals surface area (Å²) < 4.78 is 0. The van der Waals surface area contributed by atoms with E-state index in [9.17, 15) is 0 Å². The molecule has 0 saturated carbocycles. The molecule has 2 rings (SSSR count). The minimum atomic E-state index is 1.03. The van der Waals surface area contributed by atoms with Crippen LogP contribution in [-0.4, -0.2) is 0 Å². The molecule has 0 aromatic heterocycles. The fraction of sp³-hybridized carbons (Fsp3) is 0.478. The molecule has 0 heteroatoms. The highest BCUT2D eigenvalue weighted by Gasteiger charge is 1.95. The fourth-order valence-corrected chi connectivity index (χ4v) is 2.50. The van der Waals surface area contributed by atoms with E-state index in [0.717, 1.165) is 6.42 Å². The Labute approximate surface area is 144 Å². The summed E-state index contributed by atoms with van der Waals surface area (Å²) in [4.78, 5) is 0. The number of unbranched alkanes of at least 4 members (excludes halogenated alkanes) is 5. The van der Waals surface area contributed by atoms with Gasteiger partial charge in [-0.15, -0.1) is 0 Å². The van der Waals surface area contributed by atoms with E-state index < -0.39 is 0 Å². The van der Waals surface area contributed by atoms with Gasteiger partial charge >= 0.3 is 0 Å². The van der Waals surface area contributed by atoms with Crippen LogP contribution < -0.4 is 0 Å². The molecule has 0 aliphatic rings. The summed E-state index contributed by atoms with van der Waals surface area (Å²) in [6.07, 6.45) is 9.52. The van der Waals surface area contributed by atoms with Crippen LogP contribution in [0.15, 0.2) is 48.5 Å². The Morgan fingerprint density at radius 1 is 0.522 bits per heavy atom.